The van der Waals surface area contributed by atoms with Crippen LogP contribution < -0.4 is 10.1 Å². The molecule has 110 valence electrons. The van der Waals surface area contributed by atoms with E-state index in [0.717, 1.165) is 31.3 Å². The quantitative estimate of drug-likeness (QED) is 0.877. The fourth-order valence-corrected chi connectivity index (χ4v) is 2.36. The zero-order chi connectivity index (χ0) is 14.5. The number of benzene rings is 1. The summed E-state index contributed by atoms with van der Waals surface area (Å²) in [4.78, 5) is 8.82. The lowest BCUT2D eigenvalue weighted by Crippen LogP contribution is -2.40. The summed E-state index contributed by atoms with van der Waals surface area (Å²) in [6.45, 7) is 2.70. The van der Waals surface area contributed by atoms with Gasteiger partial charge in [0.15, 0.2) is 5.96 Å². The highest BCUT2D eigenvalue weighted by atomic mass is 16.5. The summed E-state index contributed by atoms with van der Waals surface area (Å²) >= 11 is 0. The van der Waals surface area contributed by atoms with Crippen molar-refractivity contribution in [2.45, 2.75) is 6.04 Å². The van der Waals surface area contributed by atoms with Gasteiger partial charge in [-0.25, -0.2) is 0 Å². The van der Waals surface area contributed by atoms with E-state index in [9.17, 15) is 0 Å². The van der Waals surface area contributed by atoms with E-state index in [-0.39, 0.29) is 6.04 Å². The lowest BCUT2D eigenvalue weighted by atomic mass is 10.1. The predicted octanol–water partition coefficient (Wildman–Crippen LogP) is 1.19. The van der Waals surface area contributed by atoms with E-state index in [0.29, 0.717) is 0 Å². The Morgan fingerprint density at radius 3 is 2.85 bits per heavy atom. The second kappa shape index (κ2) is 6.61. The summed E-state index contributed by atoms with van der Waals surface area (Å²) in [5.74, 6) is 1.88. The van der Waals surface area contributed by atoms with Crippen molar-refractivity contribution in [1.29, 1.82) is 0 Å². The first kappa shape index (κ1) is 14.7. The number of rotatable bonds is 5. The molecule has 0 saturated carbocycles. The van der Waals surface area contributed by atoms with Gasteiger partial charge in [-0.1, -0.05) is 12.1 Å². The summed E-state index contributed by atoms with van der Waals surface area (Å²) in [7, 11) is 7.94. The van der Waals surface area contributed by atoms with Crippen LogP contribution in [-0.2, 0) is 0 Å². The van der Waals surface area contributed by atoms with Crippen LogP contribution in [0.5, 0.6) is 5.75 Å². The maximum absolute atomic E-state index is 5.31. The Labute approximate surface area is 121 Å². The Kier molecular flexibility index (Phi) is 4.84. The van der Waals surface area contributed by atoms with Gasteiger partial charge in [0.25, 0.3) is 0 Å². The second-order valence-corrected chi connectivity index (χ2v) is 5.26. The van der Waals surface area contributed by atoms with E-state index in [1.807, 2.05) is 12.1 Å². The van der Waals surface area contributed by atoms with Gasteiger partial charge in [-0.2, -0.15) is 0 Å². The molecule has 0 aliphatic carbocycles. The molecule has 0 amide bonds. The Balaban J connectivity index is 2.06. The van der Waals surface area contributed by atoms with Crippen LogP contribution in [0.4, 0.5) is 0 Å². The van der Waals surface area contributed by atoms with Crippen molar-refractivity contribution in [2.75, 3.05) is 47.9 Å². The van der Waals surface area contributed by atoms with Crippen molar-refractivity contribution in [1.82, 2.24) is 15.1 Å². The van der Waals surface area contributed by atoms with Gasteiger partial charge < -0.3 is 19.9 Å². The molecular weight excluding hydrogens is 252 g/mol. The Morgan fingerprint density at radius 1 is 1.45 bits per heavy atom. The normalized spacial score (nSPS) is 16.2. The molecule has 1 aliphatic rings. The monoisotopic (exact) mass is 276 g/mol. The molecule has 0 spiro atoms. The smallest absolute Gasteiger partial charge is 0.193 e. The lowest BCUT2D eigenvalue weighted by Gasteiger charge is -2.27. The van der Waals surface area contributed by atoms with E-state index < -0.39 is 0 Å². The number of hydrogen-bond acceptors (Lipinski definition) is 5. The zero-order valence-electron chi connectivity index (χ0n) is 12.8. The SMILES string of the molecule is COc1cccc(C(CNC2=NCCN2C)N(C)C)c1. The van der Waals surface area contributed by atoms with Gasteiger partial charge in [0.1, 0.15) is 5.75 Å². The summed E-state index contributed by atoms with van der Waals surface area (Å²) in [5, 5.41) is 3.44. The fourth-order valence-electron chi connectivity index (χ4n) is 2.36. The first-order valence-corrected chi connectivity index (χ1v) is 6.91. The molecule has 0 fully saturated rings. The topological polar surface area (TPSA) is 40.1 Å². The summed E-state index contributed by atoms with van der Waals surface area (Å²) in [6.07, 6.45) is 0. The lowest BCUT2D eigenvalue weighted by molar-refractivity contribution is 0.295. The van der Waals surface area contributed by atoms with E-state index in [2.05, 4.69) is 53.4 Å². The molecule has 1 N–H and O–H groups in total. The molecule has 5 nitrogen and oxygen atoms in total. The van der Waals surface area contributed by atoms with Crippen LogP contribution in [0, 0.1) is 0 Å². The number of nitrogens with one attached hydrogen (secondary N) is 1. The van der Waals surface area contributed by atoms with Crippen LogP contribution in [0.2, 0.25) is 0 Å². The van der Waals surface area contributed by atoms with Gasteiger partial charge in [0, 0.05) is 20.1 Å². The number of ether oxygens (including phenoxy) is 1. The summed E-state index contributed by atoms with van der Waals surface area (Å²) < 4.78 is 5.31. The van der Waals surface area contributed by atoms with Crippen LogP contribution >= 0.6 is 0 Å². The first-order valence-electron chi connectivity index (χ1n) is 6.91. The van der Waals surface area contributed by atoms with Crippen LogP contribution in [-0.4, -0.2) is 63.6 Å². The number of nitrogens with zero attached hydrogens (tertiary/aromatic N) is 3. The van der Waals surface area contributed by atoms with E-state index >= 15 is 0 Å². The third-order valence-electron chi connectivity index (χ3n) is 3.61. The van der Waals surface area contributed by atoms with Crippen molar-refractivity contribution in [2.24, 2.45) is 4.99 Å². The van der Waals surface area contributed by atoms with Gasteiger partial charge in [0.05, 0.1) is 19.7 Å². The molecule has 0 bridgehead atoms. The van der Waals surface area contributed by atoms with Crippen LogP contribution in [0.3, 0.4) is 0 Å². The summed E-state index contributed by atoms with van der Waals surface area (Å²) in [5.41, 5.74) is 1.24. The number of hydrogen-bond donors (Lipinski definition) is 1. The molecule has 1 heterocycles. The van der Waals surface area contributed by atoms with E-state index in [1.165, 1.54) is 5.56 Å². The Hall–Kier alpha value is -1.75. The largest absolute Gasteiger partial charge is 0.497 e. The average Bonchev–Trinajstić information content (AvgIpc) is 2.84. The molecule has 1 aliphatic heterocycles. The average molecular weight is 276 g/mol. The molecule has 1 aromatic rings. The maximum Gasteiger partial charge on any atom is 0.193 e. The molecule has 0 radical (unpaired) electrons. The minimum absolute atomic E-state index is 0.279. The maximum atomic E-state index is 5.31. The highest BCUT2D eigenvalue weighted by Crippen LogP contribution is 2.22. The third kappa shape index (κ3) is 3.42. The van der Waals surface area contributed by atoms with Gasteiger partial charge in [-0.15, -0.1) is 0 Å². The van der Waals surface area contributed by atoms with Crippen molar-refractivity contribution < 1.29 is 4.74 Å². The molecule has 0 aromatic heterocycles. The number of methoxy groups -OCH3 is 1. The van der Waals surface area contributed by atoms with Gasteiger partial charge in [-0.3, -0.25) is 4.99 Å². The molecule has 5 heteroatoms. The molecule has 1 aromatic carbocycles. The molecule has 1 unspecified atom stereocenters. The zero-order valence-corrected chi connectivity index (χ0v) is 12.8. The molecule has 2 rings (SSSR count). The van der Waals surface area contributed by atoms with Gasteiger partial charge >= 0.3 is 0 Å². The number of aliphatic imine (C=N–C) groups is 1. The number of likely N-dealkylation sites (N-methyl/N-ethyl adjacent to an activating group) is 2. The Morgan fingerprint density at radius 2 is 2.25 bits per heavy atom. The third-order valence-corrected chi connectivity index (χ3v) is 3.61. The van der Waals surface area contributed by atoms with Crippen molar-refractivity contribution in [3.8, 4) is 5.75 Å². The molecule has 20 heavy (non-hydrogen) atoms. The highest BCUT2D eigenvalue weighted by molar-refractivity contribution is 5.81. The van der Waals surface area contributed by atoms with Gasteiger partial charge in [0.2, 0.25) is 0 Å². The minimum Gasteiger partial charge on any atom is -0.497 e. The van der Waals surface area contributed by atoms with Crippen LogP contribution in [0.25, 0.3) is 0 Å². The molecule has 1 atom stereocenters. The summed E-state index contributed by atoms with van der Waals surface area (Å²) in [6, 6.07) is 8.51. The van der Waals surface area contributed by atoms with Crippen LogP contribution in [0.1, 0.15) is 11.6 Å². The van der Waals surface area contributed by atoms with Crippen molar-refractivity contribution >= 4 is 5.96 Å². The fraction of sp³-hybridized carbons (Fsp3) is 0.533. The van der Waals surface area contributed by atoms with Crippen molar-refractivity contribution in [3.05, 3.63) is 29.8 Å². The standard InChI is InChI=1S/C15H24N4O/c1-18(2)14(11-17-15-16-8-9-19(15)3)12-6-5-7-13(10-12)20-4/h5-7,10,14H,8-9,11H2,1-4H3,(H,16,17). The van der Waals surface area contributed by atoms with E-state index in [1.54, 1.807) is 7.11 Å². The number of guanidine groups is 1. The van der Waals surface area contributed by atoms with E-state index in [4.69, 9.17) is 4.74 Å². The van der Waals surface area contributed by atoms with Crippen molar-refractivity contribution in [3.63, 3.8) is 0 Å². The van der Waals surface area contributed by atoms with Gasteiger partial charge in [-0.05, 0) is 31.8 Å². The van der Waals surface area contributed by atoms with Crippen LogP contribution in [0.15, 0.2) is 29.3 Å². The molecular formula is C15H24N4O. The second-order valence-electron chi connectivity index (χ2n) is 5.26. The predicted molar refractivity (Wildman–Crippen MR) is 82.4 cm³/mol. The first-order chi connectivity index (χ1) is 9.61. The Bertz CT molecular complexity index is 473. The molecule has 0 saturated heterocycles. The minimum atomic E-state index is 0.279. The highest BCUT2D eigenvalue weighted by Gasteiger charge is 2.18.